The van der Waals surface area contributed by atoms with E-state index in [0.29, 0.717) is 4.65 Å². The number of carboxylic acids is 1. The van der Waals surface area contributed by atoms with Crippen LogP contribution in [-0.4, -0.2) is 36.9 Å². The van der Waals surface area contributed by atoms with E-state index >= 15 is 0 Å². The molecular formula is C25H51NO3. The minimum absolute atomic E-state index is 0.0149. The van der Waals surface area contributed by atoms with Crippen molar-refractivity contribution in [2.24, 2.45) is 0 Å². The lowest BCUT2D eigenvalue weighted by Crippen LogP contribution is -2.48. The first-order valence-corrected chi connectivity index (χ1v) is 12.8. The van der Waals surface area contributed by atoms with E-state index in [-0.39, 0.29) is 13.0 Å². The summed E-state index contributed by atoms with van der Waals surface area (Å²) in [5.41, 5.74) is 0. The van der Waals surface area contributed by atoms with E-state index in [9.17, 15) is 9.90 Å². The predicted molar refractivity (Wildman–Crippen MR) is 121 cm³/mol. The highest BCUT2D eigenvalue weighted by Crippen LogP contribution is 2.15. The summed E-state index contributed by atoms with van der Waals surface area (Å²) in [6.07, 6.45) is 22.0. The normalized spacial score (nSPS) is 11.8. The third-order valence-electron chi connectivity index (χ3n) is 6.24. The van der Waals surface area contributed by atoms with Crippen LogP contribution < -0.4 is 5.11 Å². The minimum atomic E-state index is -1.03. The Morgan fingerprint density at radius 2 is 1.03 bits per heavy atom. The number of unbranched alkanes of at least 4 members (excludes halogenated alkanes) is 15. The summed E-state index contributed by atoms with van der Waals surface area (Å²) in [5, 5.41) is 10.6. The van der Waals surface area contributed by atoms with Gasteiger partial charge in [0.15, 0.2) is 0 Å². The van der Waals surface area contributed by atoms with Gasteiger partial charge in [0.2, 0.25) is 0 Å². The second kappa shape index (κ2) is 20.7. The van der Waals surface area contributed by atoms with Crippen LogP contribution in [-0.2, 0) is 9.63 Å². The lowest BCUT2D eigenvalue weighted by atomic mass is 10.0. The zero-order valence-corrected chi connectivity index (χ0v) is 20.0. The number of nitrogens with zero attached hydrogens (tertiary/aromatic N) is 1. The number of hydroxylamine groups is 3. The molecule has 0 spiro atoms. The number of quaternary nitrogens is 1. The van der Waals surface area contributed by atoms with E-state index < -0.39 is 5.97 Å². The summed E-state index contributed by atoms with van der Waals surface area (Å²) in [5.74, 6) is -1.03. The molecule has 0 N–H and O–H groups in total. The van der Waals surface area contributed by atoms with Crippen LogP contribution in [0.1, 0.15) is 130 Å². The maximum atomic E-state index is 10.6. The number of rotatable bonds is 23. The van der Waals surface area contributed by atoms with E-state index in [0.717, 1.165) is 26.1 Å². The highest BCUT2D eigenvalue weighted by Gasteiger charge is 2.24. The first-order valence-electron chi connectivity index (χ1n) is 12.8. The Labute approximate surface area is 181 Å². The van der Waals surface area contributed by atoms with Crippen molar-refractivity contribution in [1.82, 2.24) is 0 Å². The largest absolute Gasteiger partial charge is 0.550 e. The van der Waals surface area contributed by atoms with Gasteiger partial charge in [0, 0.05) is 12.4 Å². The molecule has 0 atom stereocenters. The summed E-state index contributed by atoms with van der Waals surface area (Å²) in [6.45, 7) is 9.54. The zero-order valence-electron chi connectivity index (χ0n) is 20.0. The number of aliphatic carboxylic acids is 1. The molecule has 0 radical (unpaired) electrons. The van der Waals surface area contributed by atoms with Gasteiger partial charge >= 0.3 is 0 Å². The number of hydrogen-bond acceptors (Lipinski definition) is 3. The first kappa shape index (κ1) is 28.4. The molecule has 0 aromatic carbocycles. The molecule has 0 amide bonds. The molecule has 174 valence electrons. The topological polar surface area (TPSA) is 49.4 Å². The summed E-state index contributed by atoms with van der Waals surface area (Å²) in [4.78, 5) is 16.5. The average Bonchev–Trinajstić information content (AvgIpc) is 2.72. The number of carbonyl (C=O) groups is 1. The molecule has 0 bridgehead atoms. The van der Waals surface area contributed by atoms with Crippen molar-refractivity contribution in [2.75, 3.05) is 26.2 Å². The van der Waals surface area contributed by atoms with Gasteiger partial charge in [-0.3, -0.25) is 0 Å². The maximum absolute atomic E-state index is 10.6. The Morgan fingerprint density at radius 3 is 1.38 bits per heavy atom. The molecule has 0 aromatic heterocycles. The lowest BCUT2D eigenvalue weighted by molar-refractivity contribution is -1.10. The van der Waals surface area contributed by atoms with Crippen molar-refractivity contribution < 1.29 is 19.4 Å². The molecular weight excluding hydrogens is 362 g/mol. The molecule has 0 aromatic rings. The molecule has 0 aliphatic rings. The second-order valence-electron chi connectivity index (χ2n) is 8.67. The van der Waals surface area contributed by atoms with Crippen molar-refractivity contribution >= 4 is 5.97 Å². The monoisotopic (exact) mass is 413 g/mol. The molecule has 29 heavy (non-hydrogen) atoms. The van der Waals surface area contributed by atoms with Gasteiger partial charge in [-0.1, -0.05) is 96.8 Å². The fraction of sp³-hybridized carbons (Fsp3) is 0.960. The van der Waals surface area contributed by atoms with Gasteiger partial charge in [-0.05, 0) is 26.7 Å². The van der Waals surface area contributed by atoms with Crippen LogP contribution in [0.25, 0.3) is 0 Å². The van der Waals surface area contributed by atoms with Crippen LogP contribution in [0.2, 0.25) is 0 Å². The second-order valence-corrected chi connectivity index (χ2v) is 8.67. The summed E-state index contributed by atoms with van der Waals surface area (Å²) >= 11 is 0. The van der Waals surface area contributed by atoms with Crippen molar-refractivity contribution in [2.45, 2.75) is 130 Å². The van der Waals surface area contributed by atoms with E-state index in [1.807, 2.05) is 0 Å². The molecule has 4 nitrogen and oxygen atoms in total. The van der Waals surface area contributed by atoms with E-state index in [1.54, 1.807) is 0 Å². The maximum Gasteiger partial charge on any atom is 0.111 e. The van der Waals surface area contributed by atoms with Crippen LogP contribution >= 0.6 is 0 Å². The van der Waals surface area contributed by atoms with Gasteiger partial charge in [-0.2, -0.15) is 4.65 Å². The van der Waals surface area contributed by atoms with E-state index in [1.165, 1.54) is 96.3 Å². The van der Waals surface area contributed by atoms with Gasteiger partial charge in [0.05, 0.1) is 0 Å². The fourth-order valence-electron chi connectivity index (χ4n) is 4.06. The average molecular weight is 414 g/mol. The predicted octanol–water partition coefficient (Wildman–Crippen LogP) is 6.18. The lowest BCUT2D eigenvalue weighted by Gasteiger charge is -2.33. The fourth-order valence-corrected chi connectivity index (χ4v) is 4.06. The number of hydrogen-bond donors (Lipinski definition) is 0. The highest BCUT2D eigenvalue weighted by atomic mass is 16.7. The molecule has 0 aliphatic carbocycles. The molecule has 0 saturated carbocycles. The Kier molecular flexibility index (Phi) is 20.2. The molecule has 4 heteroatoms. The zero-order chi connectivity index (χ0) is 21.6. The molecule has 0 fully saturated rings. The first-order chi connectivity index (χ1) is 14.1. The molecule has 0 saturated heterocycles. The van der Waals surface area contributed by atoms with E-state index in [4.69, 9.17) is 4.84 Å². The van der Waals surface area contributed by atoms with Crippen molar-refractivity contribution in [3.8, 4) is 0 Å². The van der Waals surface area contributed by atoms with Gasteiger partial charge in [-0.25, -0.2) is 4.84 Å². The van der Waals surface area contributed by atoms with Crippen molar-refractivity contribution in [3.05, 3.63) is 0 Å². The third-order valence-corrected chi connectivity index (χ3v) is 6.24. The third kappa shape index (κ3) is 17.9. The van der Waals surface area contributed by atoms with Gasteiger partial charge < -0.3 is 9.90 Å². The van der Waals surface area contributed by atoms with Crippen LogP contribution in [0.5, 0.6) is 0 Å². The Balaban J connectivity index is 3.47. The van der Waals surface area contributed by atoms with Crippen molar-refractivity contribution in [1.29, 1.82) is 0 Å². The molecule has 0 aliphatic heterocycles. The SMILES string of the molecule is CCCCCCCCCCCCCCCCCC[N+](CC)(CC)OCCC(=O)[O-]. The standard InChI is InChI=1S/C25H51NO3/c1-4-7-8-9-10-11-12-13-14-15-16-17-18-19-20-21-23-26(5-2,6-3)29-24-22-25(27)28/h4-24H2,1-3H3. The Hall–Kier alpha value is -0.610. The quantitative estimate of drug-likeness (QED) is 0.114. The van der Waals surface area contributed by atoms with Crippen LogP contribution in [0, 0.1) is 0 Å². The van der Waals surface area contributed by atoms with Gasteiger partial charge in [0.1, 0.15) is 26.2 Å². The van der Waals surface area contributed by atoms with Crippen LogP contribution in [0.4, 0.5) is 0 Å². The molecule has 0 rings (SSSR count). The summed E-state index contributed by atoms with van der Waals surface area (Å²) < 4.78 is 0.575. The Morgan fingerprint density at radius 1 is 0.655 bits per heavy atom. The highest BCUT2D eigenvalue weighted by molar-refractivity contribution is 5.64. The molecule has 0 unspecified atom stereocenters. The van der Waals surface area contributed by atoms with Crippen LogP contribution in [0.3, 0.4) is 0 Å². The molecule has 0 heterocycles. The number of carboxylic acid groups (broad SMARTS) is 1. The van der Waals surface area contributed by atoms with Gasteiger partial charge in [-0.15, -0.1) is 0 Å². The van der Waals surface area contributed by atoms with Crippen LogP contribution in [0.15, 0.2) is 0 Å². The summed E-state index contributed by atoms with van der Waals surface area (Å²) in [6, 6.07) is 0. The number of carbonyl (C=O) groups excluding carboxylic acids is 1. The minimum Gasteiger partial charge on any atom is -0.550 e. The van der Waals surface area contributed by atoms with Crippen molar-refractivity contribution in [3.63, 3.8) is 0 Å². The Bertz CT molecular complexity index is 356. The van der Waals surface area contributed by atoms with E-state index in [2.05, 4.69) is 20.8 Å². The summed E-state index contributed by atoms with van der Waals surface area (Å²) in [7, 11) is 0. The van der Waals surface area contributed by atoms with Gasteiger partial charge in [0.25, 0.3) is 0 Å². The smallest absolute Gasteiger partial charge is 0.111 e.